The van der Waals surface area contributed by atoms with E-state index in [9.17, 15) is 0 Å². The van der Waals surface area contributed by atoms with E-state index in [0.29, 0.717) is 5.16 Å². The number of nitrogens with zero attached hydrogens (tertiary/aromatic N) is 4. The van der Waals surface area contributed by atoms with E-state index in [2.05, 4.69) is 15.5 Å². The molecule has 1 aromatic heterocycles. The quantitative estimate of drug-likeness (QED) is 0.625. The Balaban J connectivity index is 2.20. The molecule has 2 N–H and O–H groups in total. The molecule has 13 heavy (non-hydrogen) atoms. The topological polar surface area (TPSA) is 66.2 Å². The molecule has 0 radical (unpaired) electrons. The molecule has 0 saturated carbocycles. The van der Waals surface area contributed by atoms with Gasteiger partial charge in [0.05, 0.1) is 0 Å². The van der Waals surface area contributed by atoms with Gasteiger partial charge in [-0.1, -0.05) is 16.7 Å². The Bertz CT molecular complexity index is 371. The number of aromatic nitrogens is 3. The lowest BCUT2D eigenvalue weighted by Crippen LogP contribution is -2.42. The molecule has 0 aromatic carbocycles. The molecule has 1 aliphatic heterocycles. The number of aromatic hydroxyl groups is 1. The smallest absolute Gasteiger partial charge is 0.334 e. The molecule has 0 atom stereocenters. The molecule has 1 aromatic rings. The van der Waals surface area contributed by atoms with Crippen molar-refractivity contribution in [2.45, 2.75) is 0 Å². The Morgan fingerprint density at radius 2 is 2.38 bits per heavy atom. The van der Waals surface area contributed by atoms with Crippen LogP contribution >= 0.6 is 11.6 Å². The normalized spacial score (nSPS) is 15.5. The molecule has 1 aliphatic rings. The highest BCUT2D eigenvalue weighted by molar-refractivity contribution is 6.29. The van der Waals surface area contributed by atoms with Gasteiger partial charge in [0.25, 0.3) is 0 Å². The zero-order valence-electron chi connectivity index (χ0n) is 6.42. The van der Waals surface area contributed by atoms with Crippen LogP contribution in [-0.4, -0.2) is 20.0 Å². The third-order valence-electron chi connectivity index (χ3n) is 1.38. The standard InChI is InChI=1S/C6H6ClN5O/c7-5-2-1-3-11(9-5)12-4-8-6(13)10-12/h1-4,9H,(H,10,13). The minimum Gasteiger partial charge on any atom is -0.478 e. The van der Waals surface area contributed by atoms with Crippen molar-refractivity contribution in [3.63, 3.8) is 0 Å². The van der Waals surface area contributed by atoms with Crippen molar-refractivity contribution in [1.82, 2.24) is 20.3 Å². The van der Waals surface area contributed by atoms with Gasteiger partial charge in [0.15, 0.2) is 0 Å². The monoisotopic (exact) mass is 199 g/mol. The van der Waals surface area contributed by atoms with Crippen LogP contribution in [0.25, 0.3) is 0 Å². The molecule has 6 nitrogen and oxygen atoms in total. The van der Waals surface area contributed by atoms with Crippen molar-refractivity contribution in [3.8, 4) is 6.01 Å². The molecule has 0 fully saturated rings. The van der Waals surface area contributed by atoms with Crippen molar-refractivity contribution in [3.05, 3.63) is 29.8 Å². The predicted octanol–water partition coefficient (Wildman–Crippen LogP) is 0.0338. The first-order valence-electron chi connectivity index (χ1n) is 3.46. The van der Waals surface area contributed by atoms with Gasteiger partial charge in [-0.3, -0.25) is 5.43 Å². The number of hydrazine groups is 1. The summed E-state index contributed by atoms with van der Waals surface area (Å²) in [5, 5.41) is 14.5. The van der Waals surface area contributed by atoms with Crippen LogP contribution in [0.2, 0.25) is 0 Å². The van der Waals surface area contributed by atoms with E-state index in [-0.39, 0.29) is 6.01 Å². The van der Waals surface area contributed by atoms with Gasteiger partial charge in [0, 0.05) is 6.20 Å². The number of hydrogen-bond acceptors (Lipinski definition) is 5. The average molecular weight is 200 g/mol. The zero-order chi connectivity index (χ0) is 9.26. The van der Waals surface area contributed by atoms with Crippen LogP contribution in [0, 0.1) is 0 Å². The van der Waals surface area contributed by atoms with Gasteiger partial charge in [0.1, 0.15) is 11.5 Å². The zero-order valence-corrected chi connectivity index (χ0v) is 7.18. The highest BCUT2D eigenvalue weighted by Crippen LogP contribution is 2.04. The Hall–Kier alpha value is -1.69. The fourth-order valence-electron chi connectivity index (χ4n) is 0.863. The molecular weight excluding hydrogens is 194 g/mol. The summed E-state index contributed by atoms with van der Waals surface area (Å²) >= 11 is 5.70. The van der Waals surface area contributed by atoms with Crippen molar-refractivity contribution in [2.24, 2.45) is 0 Å². The molecule has 0 aliphatic carbocycles. The van der Waals surface area contributed by atoms with Gasteiger partial charge in [0.2, 0.25) is 0 Å². The lowest BCUT2D eigenvalue weighted by Gasteiger charge is -2.22. The molecule has 0 saturated heterocycles. The van der Waals surface area contributed by atoms with Crippen molar-refractivity contribution in [2.75, 3.05) is 5.12 Å². The maximum Gasteiger partial charge on any atom is 0.334 e. The maximum absolute atomic E-state index is 8.88. The highest BCUT2D eigenvalue weighted by Gasteiger charge is 2.07. The van der Waals surface area contributed by atoms with E-state index in [0.717, 1.165) is 0 Å². The predicted molar refractivity (Wildman–Crippen MR) is 46.1 cm³/mol. The minimum atomic E-state index is -0.291. The van der Waals surface area contributed by atoms with Gasteiger partial charge in [-0.2, -0.15) is 10.1 Å². The first kappa shape index (κ1) is 7.93. The second-order valence-electron chi connectivity index (χ2n) is 2.28. The molecular formula is C6H6ClN5O. The molecule has 0 unspecified atom stereocenters. The summed E-state index contributed by atoms with van der Waals surface area (Å²) in [6, 6.07) is -0.291. The van der Waals surface area contributed by atoms with Crippen LogP contribution in [0.1, 0.15) is 0 Å². The Morgan fingerprint density at radius 3 is 3.00 bits per heavy atom. The average Bonchev–Trinajstić information content (AvgIpc) is 2.52. The number of allylic oxidation sites excluding steroid dienone is 2. The van der Waals surface area contributed by atoms with E-state index in [1.54, 1.807) is 18.4 Å². The van der Waals surface area contributed by atoms with Gasteiger partial charge in [-0.25, -0.2) is 0 Å². The van der Waals surface area contributed by atoms with E-state index >= 15 is 0 Å². The Kier molecular flexibility index (Phi) is 1.82. The highest BCUT2D eigenvalue weighted by atomic mass is 35.5. The lowest BCUT2D eigenvalue weighted by atomic mass is 10.5. The maximum atomic E-state index is 8.88. The summed E-state index contributed by atoms with van der Waals surface area (Å²) in [5.74, 6) is 0. The summed E-state index contributed by atoms with van der Waals surface area (Å²) in [4.78, 5) is 4.85. The molecule has 0 amide bonds. The second-order valence-corrected chi connectivity index (χ2v) is 2.68. The molecule has 2 rings (SSSR count). The summed E-state index contributed by atoms with van der Waals surface area (Å²) in [6.45, 7) is 0. The van der Waals surface area contributed by atoms with Crippen molar-refractivity contribution >= 4 is 11.6 Å². The lowest BCUT2D eigenvalue weighted by molar-refractivity contribution is 0.419. The van der Waals surface area contributed by atoms with Gasteiger partial charge in [-0.05, 0) is 12.2 Å². The third-order valence-corrected chi connectivity index (χ3v) is 1.59. The fourth-order valence-corrected chi connectivity index (χ4v) is 1.02. The van der Waals surface area contributed by atoms with Crippen molar-refractivity contribution < 1.29 is 5.11 Å². The van der Waals surface area contributed by atoms with E-state index in [1.807, 2.05) is 0 Å². The van der Waals surface area contributed by atoms with Gasteiger partial charge >= 0.3 is 6.01 Å². The number of halogens is 1. The summed E-state index contributed by atoms with van der Waals surface area (Å²) in [6.07, 6.45) is 6.45. The number of hydrogen-bond donors (Lipinski definition) is 2. The van der Waals surface area contributed by atoms with Crippen LogP contribution in [-0.2, 0) is 0 Å². The first-order chi connectivity index (χ1) is 6.25. The van der Waals surface area contributed by atoms with Crippen LogP contribution in [0.3, 0.4) is 0 Å². The van der Waals surface area contributed by atoms with Crippen molar-refractivity contribution in [1.29, 1.82) is 0 Å². The summed E-state index contributed by atoms with van der Waals surface area (Å²) < 4.78 is 0. The molecule has 0 bridgehead atoms. The van der Waals surface area contributed by atoms with E-state index in [1.165, 1.54) is 16.2 Å². The summed E-state index contributed by atoms with van der Waals surface area (Å²) in [7, 11) is 0. The number of nitrogens with one attached hydrogen (secondary N) is 1. The van der Waals surface area contributed by atoms with E-state index in [4.69, 9.17) is 16.7 Å². The fraction of sp³-hybridized carbons (Fsp3) is 0. The third kappa shape index (κ3) is 1.57. The number of rotatable bonds is 1. The second kappa shape index (κ2) is 2.98. The van der Waals surface area contributed by atoms with Crippen LogP contribution in [0.15, 0.2) is 29.8 Å². The largest absolute Gasteiger partial charge is 0.478 e. The Morgan fingerprint density at radius 1 is 1.54 bits per heavy atom. The summed E-state index contributed by atoms with van der Waals surface area (Å²) in [5.41, 5.74) is 2.77. The van der Waals surface area contributed by atoms with Gasteiger partial charge in [-0.15, -0.1) is 4.79 Å². The van der Waals surface area contributed by atoms with E-state index < -0.39 is 0 Å². The molecule has 68 valence electrons. The van der Waals surface area contributed by atoms with Crippen LogP contribution in [0.5, 0.6) is 6.01 Å². The van der Waals surface area contributed by atoms with Crippen LogP contribution < -0.4 is 10.5 Å². The Labute approximate surface area is 78.7 Å². The molecule has 2 heterocycles. The molecule has 0 spiro atoms. The molecule has 7 heteroatoms. The minimum absolute atomic E-state index is 0.291. The SMILES string of the molecule is Oc1ncn(N2C=CC=C(Cl)N2)n1. The van der Waals surface area contributed by atoms with Crippen LogP contribution in [0.4, 0.5) is 0 Å². The van der Waals surface area contributed by atoms with Gasteiger partial charge < -0.3 is 5.11 Å². The first-order valence-corrected chi connectivity index (χ1v) is 3.84.